The fourth-order valence-electron chi connectivity index (χ4n) is 3.19. The molecular weight excluding hydrogens is 376 g/mol. The topological polar surface area (TPSA) is 17.1 Å². The van der Waals surface area contributed by atoms with Crippen molar-refractivity contribution in [2.45, 2.75) is 24.6 Å². The summed E-state index contributed by atoms with van der Waals surface area (Å²) in [5.74, 6) is 0.916. The number of Topliss-reactive ketones (excluding diaryl/α,β-unsaturated/α-hetero) is 1. The lowest BCUT2D eigenvalue weighted by atomic mass is 9.70. The smallest absolute Gasteiger partial charge is 0.154 e. The minimum absolute atomic E-state index is 0.0800. The Morgan fingerprint density at radius 1 is 1.43 bits per heavy atom. The highest BCUT2D eigenvalue weighted by Crippen LogP contribution is 2.66. The molecule has 0 saturated heterocycles. The molecule has 0 heterocycles. The first-order valence-electron chi connectivity index (χ1n) is 4.84. The van der Waals surface area contributed by atoms with Gasteiger partial charge in [0.15, 0.2) is 5.78 Å². The highest BCUT2D eigenvalue weighted by atomic mass is 79.9. The number of alkyl halides is 3. The molecule has 4 atom stereocenters. The molecule has 0 aromatic heterocycles. The number of hydrogen-bond donors (Lipinski definition) is 0. The van der Waals surface area contributed by atoms with Gasteiger partial charge in [-0.3, -0.25) is 4.79 Å². The normalized spacial score (nSPS) is 51.6. The average Bonchev–Trinajstić information content (AvgIpc) is 2.57. The molecule has 2 fully saturated rings. The van der Waals surface area contributed by atoms with Gasteiger partial charge in [-0.25, -0.2) is 0 Å². The Morgan fingerprint density at radius 3 is 2.50 bits per heavy atom. The zero-order valence-corrected chi connectivity index (χ0v) is 12.8. The summed E-state index contributed by atoms with van der Waals surface area (Å²) in [6.45, 7) is 2.25. The van der Waals surface area contributed by atoms with E-state index in [1.54, 1.807) is 0 Å². The van der Waals surface area contributed by atoms with Crippen molar-refractivity contribution in [2.75, 3.05) is 10.7 Å². The van der Waals surface area contributed by atoms with Crippen LogP contribution in [0.25, 0.3) is 0 Å². The first kappa shape index (κ1) is 11.6. The molecule has 0 aromatic carbocycles. The Labute approximate surface area is 110 Å². The summed E-state index contributed by atoms with van der Waals surface area (Å²) >= 11 is 10.7. The highest BCUT2D eigenvalue weighted by Gasteiger charge is 2.68. The third kappa shape index (κ3) is 1.08. The molecule has 2 saturated carbocycles. The molecule has 1 nitrogen and oxygen atoms in total. The van der Waals surface area contributed by atoms with Crippen LogP contribution in [0.1, 0.15) is 19.8 Å². The fourth-order valence-corrected chi connectivity index (χ4v) is 6.63. The van der Waals surface area contributed by atoms with Crippen molar-refractivity contribution >= 4 is 53.6 Å². The predicted octanol–water partition coefficient (Wildman–Crippen LogP) is 3.53. The Kier molecular flexibility index (Phi) is 2.95. The standard InChI is InChI=1S/C10H13Br3O/c1-9(4-11)6-2-3-10(9,5-12)8(14)7(6)13/h6-7H,2-5H2,1H3/t6-,7?,9?,10-/m0/s1. The van der Waals surface area contributed by atoms with Crippen molar-refractivity contribution in [3.63, 3.8) is 0 Å². The van der Waals surface area contributed by atoms with Gasteiger partial charge in [0.05, 0.1) is 4.83 Å². The summed E-state index contributed by atoms with van der Waals surface area (Å²) in [7, 11) is 0. The van der Waals surface area contributed by atoms with Crippen LogP contribution in [-0.2, 0) is 4.79 Å². The largest absolute Gasteiger partial charge is 0.298 e. The third-order valence-electron chi connectivity index (χ3n) is 4.37. The zero-order valence-electron chi connectivity index (χ0n) is 8.03. The monoisotopic (exact) mass is 386 g/mol. The van der Waals surface area contributed by atoms with Gasteiger partial charge in [0, 0.05) is 16.1 Å². The molecule has 0 N–H and O–H groups in total. The maximum Gasteiger partial charge on any atom is 0.154 e. The number of carbonyl (C=O) groups excluding carboxylic acids is 1. The van der Waals surface area contributed by atoms with Gasteiger partial charge < -0.3 is 0 Å². The SMILES string of the molecule is CC1(CBr)[C@H]2CC[C@]1(CBr)C(=O)C2Br. The quantitative estimate of drug-likeness (QED) is 0.661. The molecular formula is C10H13Br3O. The number of hydrogen-bond acceptors (Lipinski definition) is 1. The molecule has 14 heavy (non-hydrogen) atoms. The predicted molar refractivity (Wildman–Crippen MR) is 68.6 cm³/mol. The number of halogens is 3. The van der Waals surface area contributed by atoms with E-state index >= 15 is 0 Å². The second-order valence-electron chi connectivity index (χ2n) is 4.68. The van der Waals surface area contributed by atoms with Crippen molar-refractivity contribution in [1.29, 1.82) is 0 Å². The zero-order chi connectivity index (χ0) is 10.6. The molecule has 80 valence electrons. The number of rotatable bonds is 2. The van der Waals surface area contributed by atoms with Crippen LogP contribution in [0.3, 0.4) is 0 Å². The Bertz CT molecular complexity index is 281. The van der Waals surface area contributed by atoms with Gasteiger partial charge in [-0.15, -0.1) is 0 Å². The Hall–Kier alpha value is 1.11. The van der Waals surface area contributed by atoms with Crippen molar-refractivity contribution in [3.05, 3.63) is 0 Å². The molecule has 2 rings (SSSR count). The molecule has 0 aromatic rings. The van der Waals surface area contributed by atoms with E-state index in [0.29, 0.717) is 11.7 Å². The fraction of sp³-hybridized carbons (Fsp3) is 0.900. The van der Waals surface area contributed by atoms with Crippen LogP contribution >= 0.6 is 47.8 Å². The Morgan fingerprint density at radius 2 is 2.07 bits per heavy atom. The van der Waals surface area contributed by atoms with E-state index in [0.717, 1.165) is 17.1 Å². The van der Waals surface area contributed by atoms with Crippen molar-refractivity contribution < 1.29 is 4.79 Å². The second kappa shape index (κ2) is 3.56. The number of fused-ring (bicyclic) bond motifs is 2. The van der Waals surface area contributed by atoms with Crippen molar-refractivity contribution in [2.24, 2.45) is 16.7 Å². The molecule has 2 aliphatic carbocycles. The van der Waals surface area contributed by atoms with Gasteiger partial charge >= 0.3 is 0 Å². The lowest BCUT2D eigenvalue weighted by molar-refractivity contribution is -0.127. The maximum atomic E-state index is 12.2. The van der Waals surface area contributed by atoms with E-state index in [4.69, 9.17) is 0 Å². The maximum absolute atomic E-state index is 12.2. The van der Waals surface area contributed by atoms with Crippen LogP contribution in [0.2, 0.25) is 0 Å². The summed E-state index contributed by atoms with van der Waals surface area (Å²) in [6, 6.07) is 0. The second-order valence-corrected chi connectivity index (χ2v) is 6.79. The van der Waals surface area contributed by atoms with Crippen LogP contribution < -0.4 is 0 Å². The van der Waals surface area contributed by atoms with E-state index in [1.807, 2.05) is 0 Å². The van der Waals surface area contributed by atoms with Crippen LogP contribution in [0, 0.1) is 16.7 Å². The summed E-state index contributed by atoms with van der Waals surface area (Å²) < 4.78 is 0. The molecule has 2 unspecified atom stereocenters. The Balaban J connectivity index is 2.50. The van der Waals surface area contributed by atoms with Gasteiger partial charge in [-0.1, -0.05) is 54.7 Å². The van der Waals surface area contributed by atoms with Gasteiger partial charge in [-0.05, 0) is 24.2 Å². The number of carbonyl (C=O) groups is 1. The third-order valence-corrected chi connectivity index (χ3v) is 7.55. The van der Waals surface area contributed by atoms with E-state index < -0.39 is 0 Å². The summed E-state index contributed by atoms with van der Waals surface area (Å²) in [5, 5.41) is 1.73. The summed E-state index contributed by atoms with van der Waals surface area (Å²) in [6.07, 6.45) is 2.22. The summed E-state index contributed by atoms with van der Waals surface area (Å²) in [5.41, 5.74) is -0.00289. The number of ketones is 1. The minimum Gasteiger partial charge on any atom is -0.298 e. The van der Waals surface area contributed by atoms with Gasteiger partial charge in [0.2, 0.25) is 0 Å². The van der Waals surface area contributed by atoms with Gasteiger partial charge in [0.25, 0.3) is 0 Å². The molecule has 2 aliphatic rings. The minimum atomic E-state index is -0.130. The van der Waals surface area contributed by atoms with Gasteiger partial charge in [-0.2, -0.15) is 0 Å². The highest BCUT2D eigenvalue weighted by molar-refractivity contribution is 9.10. The van der Waals surface area contributed by atoms with Crippen LogP contribution in [0.4, 0.5) is 0 Å². The lowest BCUT2D eigenvalue weighted by Crippen LogP contribution is -2.41. The lowest BCUT2D eigenvalue weighted by Gasteiger charge is -2.36. The first-order chi connectivity index (χ1) is 6.53. The van der Waals surface area contributed by atoms with E-state index in [-0.39, 0.29) is 15.7 Å². The van der Waals surface area contributed by atoms with Gasteiger partial charge in [0.1, 0.15) is 0 Å². The molecule has 0 radical (unpaired) electrons. The van der Waals surface area contributed by atoms with Crippen LogP contribution in [0.5, 0.6) is 0 Å². The van der Waals surface area contributed by atoms with Crippen molar-refractivity contribution in [3.8, 4) is 0 Å². The molecule has 0 spiro atoms. The molecule has 0 aliphatic heterocycles. The van der Waals surface area contributed by atoms with E-state index in [2.05, 4.69) is 54.7 Å². The van der Waals surface area contributed by atoms with E-state index in [9.17, 15) is 4.79 Å². The summed E-state index contributed by atoms with van der Waals surface area (Å²) in [4.78, 5) is 12.3. The molecule has 4 heteroatoms. The van der Waals surface area contributed by atoms with Crippen LogP contribution in [0.15, 0.2) is 0 Å². The first-order valence-corrected chi connectivity index (χ1v) is 8.00. The van der Waals surface area contributed by atoms with E-state index in [1.165, 1.54) is 6.42 Å². The molecule has 2 bridgehead atoms. The molecule has 0 amide bonds. The average molecular weight is 389 g/mol. The van der Waals surface area contributed by atoms with Crippen molar-refractivity contribution in [1.82, 2.24) is 0 Å². The van der Waals surface area contributed by atoms with Crippen LogP contribution in [-0.4, -0.2) is 21.3 Å².